The summed E-state index contributed by atoms with van der Waals surface area (Å²) in [5.41, 5.74) is 3.34. The topological polar surface area (TPSA) is 45.2 Å². The largest absolute Gasteiger partial charge is 0.356 e. The van der Waals surface area contributed by atoms with E-state index in [2.05, 4.69) is 21.4 Å². The van der Waals surface area contributed by atoms with Crippen LogP contribution in [-0.4, -0.2) is 46.0 Å². The molecule has 0 amide bonds. The Morgan fingerprint density at radius 2 is 2.00 bits per heavy atom. The SMILES string of the molecule is C=CCN1CCc2nc(-c3ccccn3)nc(N3CCCC3)c2C1. The second kappa shape index (κ2) is 6.69. The van der Waals surface area contributed by atoms with Crippen LogP contribution in [0, 0.1) is 0 Å². The van der Waals surface area contributed by atoms with E-state index >= 15 is 0 Å². The Kier molecular flexibility index (Phi) is 4.26. The average Bonchev–Trinajstić information content (AvgIpc) is 3.16. The van der Waals surface area contributed by atoms with Gasteiger partial charge in [0.1, 0.15) is 11.5 Å². The smallest absolute Gasteiger partial charge is 0.180 e. The van der Waals surface area contributed by atoms with Gasteiger partial charge in [0.2, 0.25) is 0 Å². The molecule has 124 valence electrons. The van der Waals surface area contributed by atoms with E-state index in [0.717, 1.165) is 56.5 Å². The Hall–Kier alpha value is -2.27. The van der Waals surface area contributed by atoms with Crippen LogP contribution >= 0.6 is 0 Å². The maximum Gasteiger partial charge on any atom is 0.180 e. The molecule has 4 rings (SSSR count). The maximum absolute atomic E-state index is 4.93. The van der Waals surface area contributed by atoms with Crippen LogP contribution in [0.4, 0.5) is 5.82 Å². The predicted molar refractivity (Wildman–Crippen MR) is 95.9 cm³/mol. The molecule has 5 nitrogen and oxygen atoms in total. The van der Waals surface area contributed by atoms with Gasteiger partial charge in [-0.25, -0.2) is 9.97 Å². The van der Waals surface area contributed by atoms with Crippen molar-refractivity contribution in [2.45, 2.75) is 25.8 Å². The molecular formula is C19H23N5. The molecule has 4 heterocycles. The number of anilines is 1. The summed E-state index contributed by atoms with van der Waals surface area (Å²) in [6, 6.07) is 5.91. The van der Waals surface area contributed by atoms with Gasteiger partial charge in [-0.15, -0.1) is 6.58 Å². The molecule has 1 fully saturated rings. The van der Waals surface area contributed by atoms with E-state index in [1.807, 2.05) is 24.3 Å². The van der Waals surface area contributed by atoms with Gasteiger partial charge in [0, 0.05) is 50.9 Å². The van der Waals surface area contributed by atoms with Crippen molar-refractivity contribution in [3.8, 4) is 11.5 Å². The van der Waals surface area contributed by atoms with E-state index in [9.17, 15) is 0 Å². The van der Waals surface area contributed by atoms with E-state index in [1.165, 1.54) is 24.1 Å². The predicted octanol–water partition coefficient (Wildman–Crippen LogP) is 2.68. The molecule has 2 aromatic rings. The van der Waals surface area contributed by atoms with Crippen molar-refractivity contribution in [3.63, 3.8) is 0 Å². The minimum atomic E-state index is 0.758. The van der Waals surface area contributed by atoms with Crippen molar-refractivity contribution in [2.75, 3.05) is 31.1 Å². The van der Waals surface area contributed by atoms with Gasteiger partial charge in [0.05, 0.1) is 5.69 Å². The molecule has 0 saturated carbocycles. The third-order valence-corrected chi connectivity index (χ3v) is 4.80. The zero-order chi connectivity index (χ0) is 16.4. The van der Waals surface area contributed by atoms with Gasteiger partial charge >= 0.3 is 0 Å². The Balaban J connectivity index is 1.77. The fraction of sp³-hybridized carbons (Fsp3) is 0.421. The lowest BCUT2D eigenvalue weighted by Crippen LogP contribution is -2.34. The molecule has 0 aliphatic carbocycles. The van der Waals surface area contributed by atoms with Gasteiger partial charge in [0.15, 0.2) is 5.82 Å². The number of pyridine rings is 1. The summed E-state index contributed by atoms with van der Waals surface area (Å²) in [5.74, 6) is 1.88. The first-order valence-corrected chi connectivity index (χ1v) is 8.74. The standard InChI is InChI=1S/C19H23N5/c1-2-10-23-13-8-16-15(14-23)19(24-11-5-6-12-24)22-18(21-16)17-7-3-4-9-20-17/h2-4,7,9H,1,5-6,8,10-14H2. The zero-order valence-corrected chi connectivity index (χ0v) is 14.0. The number of nitrogens with zero attached hydrogens (tertiary/aromatic N) is 5. The first-order valence-electron chi connectivity index (χ1n) is 8.74. The Labute approximate surface area is 143 Å². The molecule has 1 saturated heterocycles. The van der Waals surface area contributed by atoms with Crippen LogP contribution in [-0.2, 0) is 13.0 Å². The fourth-order valence-electron chi connectivity index (χ4n) is 3.59. The monoisotopic (exact) mass is 321 g/mol. The lowest BCUT2D eigenvalue weighted by atomic mass is 10.1. The van der Waals surface area contributed by atoms with E-state index in [4.69, 9.17) is 9.97 Å². The lowest BCUT2D eigenvalue weighted by molar-refractivity contribution is 0.279. The Morgan fingerprint density at radius 3 is 2.75 bits per heavy atom. The molecule has 0 spiro atoms. The molecule has 0 radical (unpaired) electrons. The van der Waals surface area contributed by atoms with Crippen molar-refractivity contribution in [1.82, 2.24) is 19.9 Å². The average molecular weight is 321 g/mol. The van der Waals surface area contributed by atoms with Gasteiger partial charge in [-0.05, 0) is 25.0 Å². The molecular weight excluding hydrogens is 298 g/mol. The minimum Gasteiger partial charge on any atom is -0.356 e. The van der Waals surface area contributed by atoms with Gasteiger partial charge < -0.3 is 4.90 Å². The molecule has 24 heavy (non-hydrogen) atoms. The van der Waals surface area contributed by atoms with Crippen molar-refractivity contribution in [3.05, 3.63) is 48.3 Å². The molecule has 0 unspecified atom stereocenters. The summed E-state index contributed by atoms with van der Waals surface area (Å²) in [4.78, 5) is 19.1. The van der Waals surface area contributed by atoms with Gasteiger partial charge in [-0.3, -0.25) is 9.88 Å². The van der Waals surface area contributed by atoms with E-state index in [0.29, 0.717) is 0 Å². The Morgan fingerprint density at radius 1 is 1.12 bits per heavy atom. The summed E-state index contributed by atoms with van der Waals surface area (Å²) >= 11 is 0. The number of rotatable bonds is 4. The molecule has 2 aromatic heterocycles. The lowest BCUT2D eigenvalue weighted by Gasteiger charge is -2.31. The van der Waals surface area contributed by atoms with Gasteiger partial charge in [-0.1, -0.05) is 12.1 Å². The molecule has 0 atom stereocenters. The van der Waals surface area contributed by atoms with Crippen LogP contribution in [0.15, 0.2) is 37.1 Å². The van der Waals surface area contributed by atoms with Crippen LogP contribution in [0.25, 0.3) is 11.5 Å². The van der Waals surface area contributed by atoms with Crippen LogP contribution in [0.5, 0.6) is 0 Å². The van der Waals surface area contributed by atoms with E-state index in [1.54, 1.807) is 6.20 Å². The summed E-state index contributed by atoms with van der Waals surface area (Å²) in [5, 5.41) is 0. The number of aromatic nitrogens is 3. The summed E-state index contributed by atoms with van der Waals surface area (Å²) < 4.78 is 0. The van der Waals surface area contributed by atoms with Crippen LogP contribution in [0.2, 0.25) is 0 Å². The second-order valence-electron chi connectivity index (χ2n) is 6.48. The van der Waals surface area contributed by atoms with Crippen LogP contribution in [0.1, 0.15) is 24.1 Å². The molecule has 0 N–H and O–H groups in total. The summed E-state index contributed by atoms with van der Waals surface area (Å²) in [7, 11) is 0. The first-order chi connectivity index (χ1) is 11.8. The molecule has 0 aromatic carbocycles. The van der Waals surface area contributed by atoms with Gasteiger partial charge in [0.25, 0.3) is 0 Å². The highest BCUT2D eigenvalue weighted by molar-refractivity contribution is 5.58. The highest BCUT2D eigenvalue weighted by Crippen LogP contribution is 2.30. The fourth-order valence-corrected chi connectivity index (χ4v) is 3.59. The van der Waals surface area contributed by atoms with E-state index in [-0.39, 0.29) is 0 Å². The van der Waals surface area contributed by atoms with Crippen molar-refractivity contribution in [1.29, 1.82) is 0 Å². The normalized spacial score (nSPS) is 17.8. The summed E-state index contributed by atoms with van der Waals surface area (Å²) in [6.07, 6.45) is 7.23. The number of hydrogen-bond donors (Lipinski definition) is 0. The highest BCUT2D eigenvalue weighted by atomic mass is 15.2. The van der Waals surface area contributed by atoms with Crippen LogP contribution < -0.4 is 4.90 Å². The molecule has 0 bridgehead atoms. The highest BCUT2D eigenvalue weighted by Gasteiger charge is 2.26. The van der Waals surface area contributed by atoms with Crippen molar-refractivity contribution in [2.24, 2.45) is 0 Å². The minimum absolute atomic E-state index is 0.758. The first kappa shape index (κ1) is 15.3. The quantitative estimate of drug-likeness (QED) is 0.810. The third kappa shape index (κ3) is 2.91. The number of fused-ring (bicyclic) bond motifs is 1. The van der Waals surface area contributed by atoms with E-state index < -0.39 is 0 Å². The van der Waals surface area contributed by atoms with Crippen molar-refractivity contribution >= 4 is 5.82 Å². The third-order valence-electron chi connectivity index (χ3n) is 4.80. The number of hydrogen-bond acceptors (Lipinski definition) is 5. The maximum atomic E-state index is 4.93. The zero-order valence-electron chi connectivity index (χ0n) is 14.0. The summed E-state index contributed by atoms with van der Waals surface area (Å²) in [6.45, 7) is 8.91. The van der Waals surface area contributed by atoms with Gasteiger partial charge in [-0.2, -0.15) is 0 Å². The van der Waals surface area contributed by atoms with Crippen LogP contribution in [0.3, 0.4) is 0 Å². The van der Waals surface area contributed by atoms with Crippen molar-refractivity contribution < 1.29 is 0 Å². The molecule has 2 aliphatic heterocycles. The molecule has 5 heteroatoms. The Bertz CT molecular complexity index is 722. The molecule has 2 aliphatic rings. The second-order valence-corrected chi connectivity index (χ2v) is 6.48.